The highest BCUT2D eigenvalue weighted by Crippen LogP contribution is 2.36. The van der Waals surface area contributed by atoms with Crippen LogP contribution in [0, 0.1) is 0 Å². The first-order chi connectivity index (χ1) is 9.27. The number of carbonyl (C=O) groups is 3. The molecular weight excluding hydrogens is 307 g/mol. The van der Waals surface area contributed by atoms with E-state index >= 15 is 0 Å². The smallest absolute Gasteiger partial charge is 0.325 e. The van der Waals surface area contributed by atoms with Crippen LogP contribution in [0.3, 0.4) is 0 Å². The molecule has 1 aromatic rings. The Morgan fingerprint density at radius 3 is 2.65 bits per heavy atom. The van der Waals surface area contributed by atoms with Crippen LogP contribution in [-0.2, 0) is 15.1 Å². The van der Waals surface area contributed by atoms with Crippen LogP contribution in [0.15, 0.2) is 18.2 Å². The minimum atomic E-state index is -1.44. The van der Waals surface area contributed by atoms with Gasteiger partial charge in [0.05, 0.1) is 10.0 Å². The molecule has 1 aliphatic heterocycles. The fraction of sp³-hybridized carbons (Fsp3) is 0.250. The maximum atomic E-state index is 12.3. The molecule has 1 saturated heterocycles. The molecule has 0 spiro atoms. The van der Waals surface area contributed by atoms with Gasteiger partial charge in [0, 0.05) is 5.56 Å². The highest BCUT2D eigenvalue weighted by Gasteiger charge is 2.50. The highest BCUT2D eigenvalue weighted by atomic mass is 35.5. The molecular formula is C12H10Cl2N2O4. The van der Waals surface area contributed by atoms with Crippen molar-refractivity contribution >= 4 is 41.1 Å². The van der Waals surface area contributed by atoms with E-state index < -0.39 is 30.0 Å². The van der Waals surface area contributed by atoms with Crippen molar-refractivity contribution in [3.05, 3.63) is 33.8 Å². The SMILES string of the molecule is CC1(c2cccc(Cl)c2Cl)NC(=O)N(CC(=O)O)C1=O. The first-order valence-electron chi connectivity index (χ1n) is 5.57. The maximum absolute atomic E-state index is 12.3. The van der Waals surface area contributed by atoms with E-state index in [1.165, 1.54) is 6.92 Å². The van der Waals surface area contributed by atoms with E-state index in [9.17, 15) is 14.4 Å². The molecule has 1 aromatic carbocycles. The number of hydrogen-bond acceptors (Lipinski definition) is 3. The molecule has 2 rings (SSSR count). The monoisotopic (exact) mass is 316 g/mol. The van der Waals surface area contributed by atoms with Gasteiger partial charge in [-0.3, -0.25) is 14.5 Å². The summed E-state index contributed by atoms with van der Waals surface area (Å²) in [5, 5.41) is 11.6. The molecule has 8 heteroatoms. The molecule has 0 bridgehead atoms. The summed E-state index contributed by atoms with van der Waals surface area (Å²) < 4.78 is 0. The Morgan fingerprint density at radius 1 is 1.40 bits per heavy atom. The first-order valence-corrected chi connectivity index (χ1v) is 6.33. The lowest BCUT2D eigenvalue weighted by molar-refractivity contribution is -0.142. The maximum Gasteiger partial charge on any atom is 0.325 e. The highest BCUT2D eigenvalue weighted by molar-refractivity contribution is 6.42. The number of carboxylic acids is 1. The number of carboxylic acid groups (broad SMARTS) is 1. The van der Waals surface area contributed by atoms with Crippen molar-refractivity contribution < 1.29 is 19.5 Å². The third kappa shape index (κ3) is 2.21. The molecule has 1 heterocycles. The average molecular weight is 317 g/mol. The van der Waals surface area contributed by atoms with E-state index in [-0.39, 0.29) is 10.0 Å². The molecule has 1 fully saturated rings. The van der Waals surface area contributed by atoms with Gasteiger partial charge >= 0.3 is 12.0 Å². The van der Waals surface area contributed by atoms with E-state index in [1.807, 2.05) is 0 Å². The second kappa shape index (κ2) is 4.96. The molecule has 0 radical (unpaired) electrons. The van der Waals surface area contributed by atoms with Gasteiger partial charge < -0.3 is 10.4 Å². The zero-order valence-corrected chi connectivity index (χ0v) is 11.8. The minimum absolute atomic E-state index is 0.141. The molecule has 106 valence electrons. The molecule has 2 N–H and O–H groups in total. The van der Waals surface area contributed by atoms with Gasteiger partial charge in [-0.2, -0.15) is 0 Å². The first kappa shape index (κ1) is 14.6. The third-order valence-corrected chi connectivity index (χ3v) is 3.88. The number of nitrogens with zero attached hydrogens (tertiary/aromatic N) is 1. The lowest BCUT2D eigenvalue weighted by Gasteiger charge is -2.23. The molecule has 3 amide bonds. The molecule has 1 atom stereocenters. The molecule has 1 unspecified atom stereocenters. The van der Waals surface area contributed by atoms with Crippen LogP contribution in [0.1, 0.15) is 12.5 Å². The van der Waals surface area contributed by atoms with Gasteiger partial charge in [0.1, 0.15) is 12.1 Å². The predicted molar refractivity (Wildman–Crippen MR) is 71.7 cm³/mol. The Balaban J connectivity index is 2.46. The summed E-state index contributed by atoms with van der Waals surface area (Å²) in [5.41, 5.74) is -1.12. The molecule has 0 saturated carbocycles. The number of urea groups is 1. The van der Waals surface area contributed by atoms with E-state index in [0.717, 1.165) is 0 Å². The number of halogens is 2. The van der Waals surface area contributed by atoms with Gasteiger partial charge in [-0.25, -0.2) is 4.79 Å². The zero-order chi connectivity index (χ0) is 15.1. The Morgan fingerprint density at radius 2 is 2.05 bits per heavy atom. The summed E-state index contributed by atoms with van der Waals surface area (Å²) >= 11 is 12.0. The number of carbonyl (C=O) groups excluding carboxylic acids is 2. The van der Waals surface area contributed by atoms with Crippen molar-refractivity contribution in [1.82, 2.24) is 10.2 Å². The Kier molecular flexibility index (Phi) is 3.62. The van der Waals surface area contributed by atoms with Crippen LogP contribution in [0.5, 0.6) is 0 Å². The van der Waals surface area contributed by atoms with Crippen LogP contribution in [0.25, 0.3) is 0 Å². The normalized spacial score (nSPS) is 22.1. The van der Waals surface area contributed by atoms with E-state index in [0.29, 0.717) is 10.5 Å². The van der Waals surface area contributed by atoms with Crippen molar-refractivity contribution in [2.45, 2.75) is 12.5 Å². The minimum Gasteiger partial charge on any atom is -0.480 e. The summed E-state index contributed by atoms with van der Waals surface area (Å²) in [5.74, 6) is -1.97. The van der Waals surface area contributed by atoms with Gasteiger partial charge in [0.2, 0.25) is 0 Å². The third-order valence-electron chi connectivity index (χ3n) is 3.06. The van der Waals surface area contributed by atoms with Gasteiger partial charge in [0.15, 0.2) is 0 Å². The molecule has 20 heavy (non-hydrogen) atoms. The number of imide groups is 1. The lowest BCUT2D eigenvalue weighted by atomic mass is 9.92. The summed E-state index contributed by atoms with van der Waals surface area (Å²) in [6, 6.07) is 3.91. The number of benzene rings is 1. The predicted octanol–water partition coefficient (Wildman–Crippen LogP) is 1.84. The van der Waals surface area contributed by atoms with Crippen LogP contribution in [-0.4, -0.2) is 34.5 Å². The Hall–Kier alpha value is -1.79. The second-order valence-electron chi connectivity index (χ2n) is 4.44. The number of aliphatic carboxylic acids is 1. The number of nitrogens with one attached hydrogen (secondary N) is 1. The topological polar surface area (TPSA) is 86.7 Å². The Bertz CT molecular complexity index is 619. The molecule has 0 aromatic heterocycles. The average Bonchev–Trinajstić information content (AvgIpc) is 2.57. The summed E-state index contributed by atoms with van der Waals surface area (Å²) in [6.45, 7) is 0.741. The van der Waals surface area contributed by atoms with Crippen LogP contribution in [0.2, 0.25) is 10.0 Å². The van der Waals surface area contributed by atoms with Gasteiger partial charge in [-0.05, 0) is 13.0 Å². The van der Waals surface area contributed by atoms with Crippen LogP contribution < -0.4 is 5.32 Å². The second-order valence-corrected chi connectivity index (χ2v) is 5.23. The molecule has 6 nitrogen and oxygen atoms in total. The summed E-state index contributed by atoms with van der Waals surface area (Å²) in [4.78, 5) is 35.4. The van der Waals surface area contributed by atoms with Gasteiger partial charge in [0.25, 0.3) is 5.91 Å². The number of amides is 3. The summed E-state index contributed by atoms with van der Waals surface area (Å²) in [7, 11) is 0. The standard InChI is InChI=1S/C12H10Cl2N2O4/c1-12(6-3-2-4-7(13)9(6)14)10(19)16(5-8(17)18)11(20)15-12/h2-4H,5H2,1H3,(H,15,20)(H,17,18). The van der Waals surface area contributed by atoms with Crippen molar-refractivity contribution in [3.63, 3.8) is 0 Å². The van der Waals surface area contributed by atoms with Gasteiger partial charge in [-0.1, -0.05) is 35.3 Å². The van der Waals surface area contributed by atoms with Crippen molar-refractivity contribution in [2.24, 2.45) is 0 Å². The summed E-state index contributed by atoms with van der Waals surface area (Å²) in [6.07, 6.45) is 0. The van der Waals surface area contributed by atoms with Gasteiger partial charge in [-0.15, -0.1) is 0 Å². The van der Waals surface area contributed by atoms with E-state index in [1.54, 1.807) is 18.2 Å². The van der Waals surface area contributed by atoms with E-state index in [2.05, 4.69) is 5.32 Å². The molecule has 0 aliphatic carbocycles. The number of rotatable bonds is 3. The fourth-order valence-electron chi connectivity index (χ4n) is 2.05. The van der Waals surface area contributed by atoms with E-state index in [4.69, 9.17) is 28.3 Å². The van der Waals surface area contributed by atoms with Crippen LogP contribution >= 0.6 is 23.2 Å². The molecule has 1 aliphatic rings. The van der Waals surface area contributed by atoms with Crippen molar-refractivity contribution in [1.29, 1.82) is 0 Å². The Labute approximate surface area is 124 Å². The van der Waals surface area contributed by atoms with Crippen molar-refractivity contribution in [2.75, 3.05) is 6.54 Å². The fourth-order valence-corrected chi connectivity index (χ4v) is 2.54. The number of hydrogen-bond donors (Lipinski definition) is 2. The quantitative estimate of drug-likeness (QED) is 0.833. The van der Waals surface area contributed by atoms with Crippen LogP contribution in [0.4, 0.5) is 4.79 Å². The zero-order valence-electron chi connectivity index (χ0n) is 10.3. The largest absolute Gasteiger partial charge is 0.480 e. The van der Waals surface area contributed by atoms with Crippen molar-refractivity contribution in [3.8, 4) is 0 Å². The lowest BCUT2D eigenvalue weighted by Crippen LogP contribution is -2.41.